The zero-order chi connectivity index (χ0) is 14.0. The maximum Gasteiger partial charge on any atom is 0.270 e. The number of anilines is 1. The molecule has 98 valence electrons. The molecule has 2 rings (SSSR count). The molecule has 0 unspecified atom stereocenters. The lowest BCUT2D eigenvalue weighted by Crippen LogP contribution is -1.98. The van der Waals surface area contributed by atoms with Gasteiger partial charge in [0.25, 0.3) is 5.69 Å². The van der Waals surface area contributed by atoms with E-state index in [4.69, 9.17) is 5.73 Å². The molecule has 7 heteroatoms. The van der Waals surface area contributed by atoms with Crippen molar-refractivity contribution in [3.63, 3.8) is 0 Å². The third-order valence-corrected chi connectivity index (χ3v) is 2.63. The van der Waals surface area contributed by atoms with E-state index in [0.29, 0.717) is 5.56 Å². The van der Waals surface area contributed by atoms with E-state index in [1.807, 2.05) is 6.92 Å². The minimum atomic E-state index is -0.438. The highest BCUT2D eigenvalue weighted by Gasteiger charge is 2.07. The number of nitro benzene ring substituents is 1. The second kappa shape index (κ2) is 4.89. The molecule has 7 nitrogen and oxygen atoms in total. The maximum atomic E-state index is 10.7. The predicted molar refractivity (Wildman–Crippen MR) is 72.2 cm³/mol. The van der Waals surface area contributed by atoms with Crippen LogP contribution in [0.25, 0.3) is 0 Å². The lowest BCUT2D eigenvalue weighted by atomic mass is 10.1. The summed E-state index contributed by atoms with van der Waals surface area (Å²) in [4.78, 5) is 14.3. The summed E-state index contributed by atoms with van der Waals surface area (Å²) in [6, 6.07) is 4.61. The van der Waals surface area contributed by atoms with Crippen LogP contribution in [0.5, 0.6) is 0 Å². The number of imidazole rings is 1. The molecule has 0 aliphatic heterocycles. The molecular formula is C12H13N5O2. The standard InChI is InChI=1S/C12H13N5O2/c1-8-3-4-11(17(18)19)5-10(8)6-14-16-7-9(2)15-12(16)13/h3-7H,1-2H3,(H2,13,15). The van der Waals surface area contributed by atoms with Gasteiger partial charge in [-0.05, 0) is 19.4 Å². The van der Waals surface area contributed by atoms with Crippen LogP contribution in [0.4, 0.5) is 11.6 Å². The van der Waals surface area contributed by atoms with E-state index in [0.717, 1.165) is 11.3 Å². The van der Waals surface area contributed by atoms with E-state index in [2.05, 4.69) is 10.1 Å². The Morgan fingerprint density at radius 3 is 2.79 bits per heavy atom. The van der Waals surface area contributed by atoms with Crippen LogP contribution in [0, 0.1) is 24.0 Å². The van der Waals surface area contributed by atoms with E-state index < -0.39 is 4.92 Å². The molecule has 1 aromatic carbocycles. The van der Waals surface area contributed by atoms with Gasteiger partial charge in [0, 0.05) is 17.7 Å². The van der Waals surface area contributed by atoms with Crippen LogP contribution >= 0.6 is 0 Å². The van der Waals surface area contributed by atoms with Crippen molar-refractivity contribution in [3.8, 4) is 0 Å². The van der Waals surface area contributed by atoms with E-state index in [1.165, 1.54) is 23.0 Å². The summed E-state index contributed by atoms with van der Waals surface area (Å²) in [5.41, 5.74) is 8.00. The number of aryl methyl sites for hydroxylation is 2. The molecule has 2 aromatic rings. The quantitative estimate of drug-likeness (QED) is 0.516. The molecule has 0 radical (unpaired) electrons. The number of nitrogens with two attached hydrogens (primary N) is 1. The van der Waals surface area contributed by atoms with Gasteiger partial charge in [0.15, 0.2) is 0 Å². The third-order valence-electron chi connectivity index (χ3n) is 2.63. The number of aromatic nitrogens is 2. The van der Waals surface area contributed by atoms with Gasteiger partial charge in [-0.25, -0.2) is 9.66 Å². The van der Waals surface area contributed by atoms with E-state index in [9.17, 15) is 10.1 Å². The lowest BCUT2D eigenvalue weighted by Gasteiger charge is -2.00. The topological polar surface area (TPSA) is 99.3 Å². The van der Waals surface area contributed by atoms with Gasteiger partial charge < -0.3 is 5.73 Å². The van der Waals surface area contributed by atoms with Crippen LogP contribution in [0.3, 0.4) is 0 Å². The summed E-state index contributed by atoms with van der Waals surface area (Å²) < 4.78 is 1.42. The van der Waals surface area contributed by atoms with Crippen LogP contribution in [-0.2, 0) is 0 Å². The Hall–Kier alpha value is -2.70. The van der Waals surface area contributed by atoms with Crippen LogP contribution in [0.1, 0.15) is 16.8 Å². The number of non-ortho nitro benzene ring substituents is 1. The molecule has 2 N–H and O–H groups in total. The molecule has 0 spiro atoms. The minimum absolute atomic E-state index is 0.0295. The fourth-order valence-electron chi connectivity index (χ4n) is 1.60. The number of rotatable bonds is 3. The van der Waals surface area contributed by atoms with E-state index in [1.54, 1.807) is 19.2 Å². The van der Waals surface area contributed by atoms with Gasteiger partial charge in [0.2, 0.25) is 5.95 Å². The molecular weight excluding hydrogens is 246 g/mol. The summed E-state index contributed by atoms with van der Waals surface area (Å²) in [5, 5.41) is 14.9. The number of nitrogens with zero attached hydrogens (tertiary/aromatic N) is 4. The van der Waals surface area contributed by atoms with Gasteiger partial charge >= 0.3 is 0 Å². The first-order valence-electron chi connectivity index (χ1n) is 5.58. The van der Waals surface area contributed by atoms with Crippen molar-refractivity contribution >= 4 is 17.9 Å². The van der Waals surface area contributed by atoms with Crippen LogP contribution in [0.2, 0.25) is 0 Å². The predicted octanol–water partition coefficient (Wildman–Crippen LogP) is 1.87. The highest BCUT2D eigenvalue weighted by Crippen LogP contribution is 2.16. The molecule has 0 aliphatic rings. The zero-order valence-corrected chi connectivity index (χ0v) is 10.6. The molecule has 0 saturated heterocycles. The lowest BCUT2D eigenvalue weighted by molar-refractivity contribution is -0.384. The van der Waals surface area contributed by atoms with E-state index >= 15 is 0 Å². The highest BCUT2D eigenvalue weighted by atomic mass is 16.6. The second-order valence-electron chi connectivity index (χ2n) is 4.13. The van der Waals surface area contributed by atoms with Crippen molar-refractivity contribution < 1.29 is 4.92 Å². The number of hydrogen-bond acceptors (Lipinski definition) is 5. The Morgan fingerprint density at radius 2 is 2.21 bits per heavy atom. The average Bonchev–Trinajstić information content (AvgIpc) is 2.66. The first-order chi connectivity index (χ1) is 8.97. The molecule has 0 bridgehead atoms. The van der Waals surface area contributed by atoms with E-state index in [-0.39, 0.29) is 11.6 Å². The fourth-order valence-corrected chi connectivity index (χ4v) is 1.60. The Labute approximate surface area is 109 Å². The van der Waals surface area contributed by atoms with Crippen LogP contribution in [-0.4, -0.2) is 20.8 Å². The SMILES string of the molecule is Cc1cn(N=Cc2cc([N+](=O)[O-])ccc2C)c(N)n1. The highest BCUT2D eigenvalue weighted by molar-refractivity contribution is 5.82. The van der Waals surface area contributed by atoms with Gasteiger partial charge in [-0.3, -0.25) is 10.1 Å². The second-order valence-corrected chi connectivity index (χ2v) is 4.13. The largest absolute Gasteiger partial charge is 0.368 e. The first kappa shape index (κ1) is 12.7. The number of nitro groups is 1. The van der Waals surface area contributed by atoms with Crippen molar-refractivity contribution in [1.82, 2.24) is 9.66 Å². The zero-order valence-electron chi connectivity index (χ0n) is 10.6. The normalized spacial score (nSPS) is 11.1. The Kier molecular flexibility index (Phi) is 3.28. The van der Waals surface area contributed by atoms with Gasteiger partial charge in [0.1, 0.15) is 0 Å². The molecule has 0 fully saturated rings. The van der Waals surface area contributed by atoms with Gasteiger partial charge in [-0.2, -0.15) is 5.10 Å². The smallest absolute Gasteiger partial charge is 0.270 e. The summed E-state index contributed by atoms with van der Waals surface area (Å²) in [6.07, 6.45) is 3.21. The maximum absolute atomic E-state index is 10.7. The molecule has 1 heterocycles. The first-order valence-corrected chi connectivity index (χ1v) is 5.58. The summed E-state index contributed by atoms with van der Waals surface area (Å²) in [6.45, 7) is 3.66. The van der Waals surface area contributed by atoms with Crippen molar-refractivity contribution in [2.75, 3.05) is 5.73 Å². The number of nitrogen functional groups attached to an aromatic ring is 1. The third kappa shape index (κ3) is 2.76. The van der Waals surface area contributed by atoms with Crippen LogP contribution in [0.15, 0.2) is 29.5 Å². The summed E-state index contributed by atoms with van der Waals surface area (Å²) in [7, 11) is 0. The van der Waals surface area contributed by atoms with Gasteiger partial charge in [-0.1, -0.05) is 6.07 Å². The van der Waals surface area contributed by atoms with Crippen LogP contribution < -0.4 is 5.73 Å². The van der Waals surface area contributed by atoms with Crippen molar-refractivity contribution in [2.45, 2.75) is 13.8 Å². The monoisotopic (exact) mass is 259 g/mol. The molecule has 0 saturated carbocycles. The minimum Gasteiger partial charge on any atom is -0.368 e. The van der Waals surface area contributed by atoms with Crippen molar-refractivity contribution in [1.29, 1.82) is 0 Å². The fraction of sp³-hybridized carbons (Fsp3) is 0.167. The van der Waals surface area contributed by atoms with Gasteiger partial charge in [-0.15, -0.1) is 0 Å². The van der Waals surface area contributed by atoms with Gasteiger partial charge in [0.05, 0.1) is 23.0 Å². The number of benzene rings is 1. The molecule has 0 atom stereocenters. The Morgan fingerprint density at radius 1 is 1.47 bits per heavy atom. The molecule has 1 aromatic heterocycles. The molecule has 0 amide bonds. The number of hydrogen-bond donors (Lipinski definition) is 1. The Balaban J connectivity index is 2.35. The Bertz CT molecular complexity index is 660. The summed E-state index contributed by atoms with van der Waals surface area (Å²) >= 11 is 0. The molecule has 19 heavy (non-hydrogen) atoms. The average molecular weight is 259 g/mol. The van der Waals surface area contributed by atoms with Crippen molar-refractivity contribution in [3.05, 3.63) is 51.3 Å². The van der Waals surface area contributed by atoms with Crippen molar-refractivity contribution in [2.24, 2.45) is 5.10 Å². The summed E-state index contributed by atoms with van der Waals surface area (Å²) in [5.74, 6) is 0.275. The molecule has 0 aliphatic carbocycles.